The van der Waals surface area contributed by atoms with Gasteiger partial charge in [-0.2, -0.15) is 5.10 Å². The molecule has 0 radical (unpaired) electrons. The third-order valence-electron chi connectivity index (χ3n) is 5.12. The Labute approximate surface area is 202 Å². The van der Waals surface area contributed by atoms with Gasteiger partial charge in [0, 0.05) is 18.1 Å². The number of carbonyl (C=O) groups excluding carboxylic acids is 1. The van der Waals surface area contributed by atoms with Gasteiger partial charge in [0.1, 0.15) is 18.2 Å². The van der Waals surface area contributed by atoms with E-state index in [4.69, 9.17) is 9.47 Å². The third-order valence-corrected chi connectivity index (χ3v) is 5.12. The van der Waals surface area contributed by atoms with E-state index in [1.54, 1.807) is 37.4 Å². The normalized spacial score (nSPS) is 12.4. The van der Waals surface area contributed by atoms with E-state index in [0.717, 1.165) is 5.56 Å². The van der Waals surface area contributed by atoms with Crippen LogP contribution in [0.4, 0.5) is 10.2 Å². The van der Waals surface area contributed by atoms with Crippen LogP contribution in [0.15, 0.2) is 77.8 Å². The van der Waals surface area contributed by atoms with Crippen molar-refractivity contribution in [3.05, 3.63) is 89.7 Å². The number of halogens is 1. The Morgan fingerprint density at radius 3 is 2.63 bits per heavy atom. The van der Waals surface area contributed by atoms with Gasteiger partial charge >= 0.3 is 0 Å². The minimum Gasteiger partial charge on any atom is -0.489 e. The second kappa shape index (κ2) is 11.3. The van der Waals surface area contributed by atoms with Gasteiger partial charge in [-0.15, -0.1) is 0 Å². The van der Waals surface area contributed by atoms with Gasteiger partial charge in [0.25, 0.3) is 5.91 Å². The summed E-state index contributed by atoms with van der Waals surface area (Å²) < 4.78 is 24.5. The van der Waals surface area contributed by atoms with Crippen LogP contribution in [0.5, 0.6) is 5.75 Å². The van der Waals surface area contributed by atoms with Gasteiger partial charge in [0.2, 0.25) is 5.96 Å². The first-order chi connectivity index (χ1) is 17.0. The Morgan fingerprint density at radius 1 is 1.11 bits per heavy atom. The van der Waals surface area contributed by atoms with Crippen LogP contribution >= 0.6 is 0 Å². The maximum Gasteiger partial charge on any atom is 0.257 e. The number of nitrogens with one attached hydrogen (secondary N) is 3. The highest BCUT2D eigenvalue weighted by Gasteiger charge is 2.14. The maximum absolute atomic E-state index is 13.5. The van der Waals surface area contributed by atoms with Gasteiger partial charge in [0.05, 0.1) is 18.2 Å². The molecule has 0 aliphatic rings. The number of aliphatic imine (C=N–C) groups is 1. The molecule has 180 valence electrons. The number of benzene rings is 3. The number of methoxy groups -OCH3 is 1. The molecule has 35 heavy (non-hydrogen) atoms. The van der Waals surface area contributed by atoms with E-state index in [0.29, 0.717) is 41.2 Å². The second-order valence-corrected chi connectivity index (χ2v) is 7.92. The minimum absolute atomic E-state index is 0.196. The molecular weight excluding hydrogens is 449 g/mol. The van der Waals surface area contributed by atoms with Crippen molar-refractivity contribution in [2.75, 3.05) is 19.0 Å². The molecule has 0 spiro atoms. The zero-order chi connectivity index (χ0) is 24.6. The molecule has 8 nitrogen and oxygen atoms in total. The minimum atomic E-state index is -0.375. The maximum atomic E-state index is 13.5. The fourth-order valence-corrected chi connectivity index (χ4v) is 3.42. The summed E-state index contributed by atoms with van der Waals surface area (Å²) >= 11 is 0. The molecule has 0 unspecified atom stereocenters. The van der Waals surface area contributed by atoms with E-state index in [2.05, 4.69) is 25.8 Å². The molecule has 0 bridgehead atoms. The molecule has 0 fully saturated rings. The Hall–Kier alpha value is -4.24. The van der Waals surface area contributed by atoms with Gasteiger partial charge in [-0.05, 0) is 55.0 Å². The van der Waals surface area contributed by atoms with Gasteiger partial charge in [-0.25, -0.2) is 9.38 Å². The third kappa shape index (κ3) is 6.42. The van der Waals surface area contributed by atoms with Crippen LogP contribution < -0.4 is 15.4 Å². The number of nitrogens with zero attached hydrogens (tertiary/aromatic N) is 2. The zero-order valence-corrected chi connectivity index (χ0v) is 19.4. The molecule has 3 aromatic carbocycles. The van der Waals surface area contributed by atoms with E-state index in [1.807, 2.05) is 37.3 Å². The number of hydrogen-bond donors (Lipinski definition) is 3. The van der Waals surface area contributed by atoms with Crippen molar-refractivity contribution in [2.24, 2.45) is 4.99 Å². The quantitative estimate of drug-likeness (QED) is 0.257. The number of H-pyrrole nitrogens is 1. The highest BCUT2D eigenvalue weighted by molar-refractivity contribution is 6.11. The monoisotopic (exact) mass is 475 g/mol. The number of aromatic amines is 1. The molecule has 1 amide bonds. The van der Waals surface area contributed by atoms with E-state index in [1.165, 1.54) is 12.1 Å². The largest absolute Gasteiger partial charge is 0.489 e. The van der Waals surface area contributed by atoms with Crippen LogP contribution in [0.2, 0.25) is 0 Å². The fraction of sp³-hybridized carbons (Fsp3) is 0.192. The van der Waals surface area contributed by atoms with Crippen molar-refractivity contribution >= 4 is 28.6 Å². The molecule has 0 saturated carbocycles. The average Bonchev–Trinajstić information content (AvgIpc) is 3.25. The number of aromatic nitrogens is 2. The SMILES string of the molecule is COC[C@H](C)N=C(NC(=O)c1ccc(OCc2ccccc2)cc1)Nc1n[nH]c2cc(F)ccc12. The average molecular weight is 476 g/mol. The lowest BCUT2D eigenvalue weighted by Gasteiger charge is -2.13. The number of amides is 1. The Kier molecular flexibility index (Phi) is 7.69. The molecule has 1 heterocycles. The molecule has 4 rings (SSSR count). The molecule has 0 aliphatic carbocycles. The lowest BCUT2D eigenvalue weighted by atomic mass is 10.2. The highest BCUT2D eigenvalue weighted by atomic mass is 19.1. The lowest BCUT2D eigenvalue weighted by Crippen LogP contribution is -2.37. The Balaban J connectivity index is 1.46. The van der Waals surface area contributed by atoms with Gasteiger partial charge in [-0.3, -0.25) is 15.2 Å². The Morgan fingerprint density at radius 2 is 1.89 bits per heavy atom. The van der Waals surface area contributed by atoms with Crippen molar-refractivity contribution < 1.29 is 18.7 Å². The molecule has 1 aromatic heterocycles. The summed E-state index contributed by atoms with van der Waals surface area (Å²) in [5, 5.41) is 13.4. The van der Waals surface area contributed by atoms with Gasteiger partial charge in [-0.1, -0.05) is 30.3 Å². The van der Waals surface area contributed by atoms with Crippen molar-refractivity contribution in [2.45, 2.75) is 19.6 Å². The number of rotatable bonds is 8. The number of hydrogen-bond acceptors (Lipinski definition) is 5. The first kappa shape index (κ1) is 23.9. The highest BCUT2D eigenvalue weighted by Crippen LogP contribution is 2.21. The molecular formula is C26H26FN5O3. The van der Waals surface area contributed by atoms with Crippen LogP contribution in [-0.4, -0.2) is 41.8 Å². The lowest BCUT2D eigenvalue weighted by molar-refractivity contribution is 0.0976. The van der Waals surface area contributed by atoms with Crippen LogP contribution in [-0.2, 0) is 11.3 Å². The second-order valence-electron chi connectivity index (χ2n) is 7.92. The zero-order valence-electron chi connectivity index (χ0n) is 19.4. The van der Waals surface area contributed by atoms with Crippen molar-refractivity contribution in [3.8, 4) is 5.75 Å². The first-order valence-corrected chi connectivity index (χ1v) is 11.1. The number of anilines is 1. The smallest absolute Gasteiger partial charge is 0.257 e. The van der Waals surface area contributed by atoms with E-state index in [-0.39, 0.29) is 23.7 Å². The summed E-state index contributed by atoms with van der Waals surface area (Å²) in [6.07, 6.45) is 0. The predicted octanol–water partition coefficient (Wildman–Crippen LogP) is 4.51. The van der Waals surface area contributed by atoms with E-state index in [9.17, 15) is 9.18 Å². The number of guanidine groups is 1. The number of carbonyl (C=O) groups is 1. The summed E-state index contributed by atoms with van der Waals surface area (Å²) in [7, 11) is 1.58. The van der Waals surface area contributed by atoms with E-state index >= 15 is 0 Å². The molecule has 9 heteroatoms. The van der Waals surface area contributed by atoms with Crippen LogP contribution in [0, 0.1) is 5.82 Å². The molecule has 0 saturated heterocycles. The predicted molar refractivity (Wildman–Crippen MR) is 133 cm³/mol. The first-order valence-electron chi connectivity index (χ1n) is 11.1. The van der Waals surface area contributed by atoms with Crippen LogP contribution in [0.3, 0.4) is 0 Å². The topological polar surface area (TPSA) is 101 Å². The van der Waals surface area contributed by atoms with Crippen molar-refractivity contribution in [1.29, 1.82) is 0 Å². The molecule has 4 aromatic rings. The molecule has 1 atom stereocenters. The van der Waals surface area contributed by atoms with Crippen molar-refractivity contribution in [3.63, 3.8) is 0 Å². The number of ether oxygens (including phenoxy) is 2. The standard InChI is InChI=1S/C26H26FN5O3/c1-17(15-34-2)28-26(29-24-22-13-10-20(27)14-23(22)31-32-24)30-25(33)19-8-11-21(12-9-19)35-16-18-6-4-3-5-7-18/h3-14,17H,15-16H2,1-2H3,(H3,28,29,30,31,32,33)/t17-/m0/s1. The van der Waals surface area contributed by atoms with Gasteiger partial charge in [0.15, 0.2) is 5.82 Å². The van der Waals surface area contributed by atoms with Gasteiger partial charge < -0.3 is 14.8 Å². The number of fused-ring (bicyclic) bond motifs is 1. The summed E-state index contributed by atoms with van der Waals surface area (Å²) in [6.45, 7) is 2.65. The summed E-state index contributed by atoms with van der Waals surface area (Å²) in [6, 6.07) is 20.7. The molecule has 3 N–H and O–H groups in total. The molecule has 0 aliphatic heterocycles. The summed E-state index contributed by atoms with van der Waals surface area (Å²) in [5.41, 5.74) is 2.01. The summed E-state index contributed by atoms with van der Waals surface area (Å²) in [4.78, 5) is 17.4. The van der Waals surface area contributed by atoms with E-state index < -0.39 is 0 Å². The summed E-state index contributed by atoms with van der Waals surface area (Å²) in [5.74, 6) is 0.525. The van der Waals surface area contributed by atoms with Crippen molar-refractivity contribution in [1.82, 2.24) is 15.5 Å². The Bertz CT molecular complexity index is 1310. The van der Waals surface area contributed by atoms with Crippen LogP contribution in [0.1, 0.15) is 22.8 Å². The van der Waals surface area contributed by atoms with Crippen LogP contribution in [0.25, 0.3) is 10.9 Å². The fourth-order valence-electron chi connectivity index (χ4n) is 3.42.